The summed E-state index contributed by atoms with van der Waals surface area (Å²) < 4.78 is 23.0. The Labute approximate surface area is 135 Å². The third kappa shape index (κ3) is 2.93. The quantitative estimate of drug-likeness (QED) is 0.898. The van der Waals surface area contributed by atoms with Crippen LogP contribution in [-0.2, 0) is 29.2 Å². The Hall–Kier alpha value is -1.66. The highest BCUT2D eigenvalue weighted by molar-refractivity contribution is 7.91. The average molecular weight is 332 g/mol. The van der Waals surface area contributed by atoms with Gasteiger partial charge in [0, 0.05) is 30.7 Å². The Morgan fingerprint density at radius 1 is 1.04 bits per heavy atom. The summed E-state index contributed by atoms with van der Waals surface area (Å²) >= 11 is 0. The zero-order valence-corrected chi connectivity index (χ0v) is 13.8. The molecule has 1 fully saturated rings. The molecule has 2 heterocycles. The first-order chi connectivity index (χ1) is 11.0. The summed E-state index contributed by atoms with van der Waals surface area (Å²) in [6.45, 7) is 1.52. The molecule has 5 nitrogen and oxygen atoms in total. The van der Waals surface area contributed by atoms with Crippen molar-refractivity contribution in [2.45, 2.75) is 25.8 Å². The second-order valence-corrected chi connectivity index (χ2v) is 8.92. The van der Waals surface area contributed by atoms with Crippen molar-refractivity contribution < 1.29 is 8.42 Å². The third-order valence-electron chi connectivity index (χ3n) is 4.96. The first-order valence-electron chi connectivity index (χ1n) is 8.11. The zero-order chi connectivity index (χ0) is 16.0. The van der Waals surface area contributed by atoms with Crippen LogP contribution in [-0.4, -0.2) is 42.9 Å². The normalized spacial score (nSPS) is 20.7. The van der Waals surface area contributed by atoms with Gasteiger partial charge in [0.15, 0.2) is 9.84 Å². The smallest absolute Gasteiger partial charge is 0.252 e. The second-order valence-electron chi connectivity index (χ2n) is 6.61. The largest absolute Gasteiger partial charge is 0.322 e. The zero-order valence-electron chi connectivity index (χ0n) is 13.0. The lowest BCUT2D eigenvalue weighted by Crippen LogP contribution is -2.40. The predicted molar refractivity (Wildman–Crippen MR) is 90.5 cm³/mol. The van der Waals surface area contributed by atoms with E-state index in [-0.39, 0.29) is 17.1 Å². The Morgan fingerprint density at radius 2 is 1.74 bits per heavy atom. The highest BCUT2D eigenvalue weighted by Crippen LogP contribution is 2.26. The van der Waals surface area contributed by atoms with E-state index in [9.17, 15) is 13.2 Å². The summed E-state index contributed by atoms with van der Waals surface area (Å²) in [5.41, 5.74) is 4.29. The molecule has 0 bridgehead atoms. The van der Waals surface area contributed by atoms with Crippen LogP contribution in [0.1, 0.15) is 23.1 Å². The number of rotatable bonds is 2. The van der Waals surface area contributed by atoms with Crippen molar-refractivity contribution in [3.63, 3.8) is 0 Å². The Kier molecular flexibility index (Phi) is 3.54. The standard InChI is InChI=1S/C17H20N2O3S/c20-17-15(11-19-4-6-23(21,22)7-5-19)9-14-8-12-2-1-3-13(12)10-16(14)18-17/h8-10H,1-7,11H2,(H,18,20). The van der Waals surface area contributed by atoms with Crippen molar-refractivity contribution in [1.82, 2.24) is 9.88 Å². The molecule has 6 heteroatoms. The Bertz CT molecular complexity index is 917. The minimum absolute atomic E-state index is 0.0659. The van der Waals surface area contributed by atoms with Gasteiger partial charge >= 0.3 is 0 Å². The number of pyridine rings is 1. The highest BCUT2D eigenvalue weighted by Gasteiger charge is 2.22. The van der Waals surface area contributed by atoms with E-state index in [4.69, 9.17) is 0 Å². The molecule has 1 aromatic heterocycles. The molecule has 2 aliphatic rings. The van der Waals surface area contributed by atoms with Gasteiger partial charge in [0.1, 0.15) is 0 Å². The molecule has 2 aromatic rings. The molecular formula is C17H20N2O3S. The molecule has 0 saturated carbocycles. The van der Waals surface area contributed by atoms with E-state index in [1.54, 1.807) is 0 Å². The highest BCUT2D eigenvalue weighted by atomic mass is 32.2. The van der Waals surface area contributed by atoms with Crippen molar-refractivity contribution in [3.8, 4) is 0 Å². The lowest BCUT2D eigenvalue weighted by molar-refractivity contribution is 0.286. The predicted octanol–water partition coefficient (Wildman–Crippen LogP) is 1.25. The van der Waals surface area contributed by atoms with E-state index in [2.05, 4.69) is 17.1 Å². The van der Waals surface area contributed by atoms with Crippen molar-refractivity contribution in [1.29, 1.82) is 0 Å². The molecule has 1 aromatic carbocycles. The van der Waals surface area contributed by atoms with Crippen LogP contribution >= 0.6 is 0 Å². The van der Waals surface area contributed by atoms with Gasteiger partial charge in [0.2, 0.25) is 0 Å². The van der Waals surface area contributed by atoms with Crippen LogP contribution in [0.5, 0.6) is 0 Å². The van der Waals surface area contributed by atoms with Crippen molar-refractivity contribution in [2.24, 2.45) is 0 Å². The first kappa shape index (κ1) is 14.9. The van der Waals surface area contributed by atoms with E-state index in [1.807, 2.05) is 11.0 Å². The Balaban J connectivity index is 1.64. The number of hydrogen-bond donors (Lipinski definition) is 1. The molecule has 4 rings (SSSR count). The van der Waals surface area contributed by atoms with E-state index < -0.39 is 9.84 Å². The van der Waals surface area contributed by atoms with Crippen LogP contribution in [0, 0.1) is 0 Å². The average Bonchev–Trinajstić information content (AvgIpc) is 2.95. The maximum absolute atomic E-state index is 12.3. The molecule has 1 saturated heterocycles. The van der Waals surface area contributed by atoms with Crippen LogP contribution in [0.15, 0.2) is 23.0 Å². The van der Waals surface area contributed by atoms with Crippen LogP contribution < -0.4 is 5.56 Å². The number of fused-ring (bicyclic) bond motifs is 2. The van der Waals surface area contributed by atoms with Gasteiger partial charge in [-0.1, -0.05) is 0 Å². The number of nitrogens with one attached hydrogen (secondary N) is 1. The van der Waals surface area contributed by atoms with E-state index in [0.717, 1.165) is 29.3 Å². The third-order valence-corrected chi connectivity index (χ3v) is 6.57. The summed E-state index contributed by atoms with van der Waals surface area (Å²) in [6, 6.07) is 6.27. The SMILES string of the molecule is O=c1[nH]c2cc3c(cc2cc1CN1CCS(=O)(=O)CC1)CCC3. The van der Waals surface area contributed by atoms with Gasteiger partial charge in [-0.05, 0) is 54.0 Å². The number of benzene rings is 1. The summed E-state index contributed by atoms with van der Waals surface area (Å²) in [4.78, 5) is 17.4. The minimum atomic E-state index is -2.89. The molecule has 0 spiro atoms. The fourth-order valence-corrected chi connectivity index (χ4v) is 4.87. The number of nitrogens with zero attached hydrogens (tertiary/aromatic N) is 1. The number of aryl methyl sites for hydroxylation is 2. The lowest BCUT2D eigenvalue weighted by Gasteiger charge is -2.26. The van der Waals surface area contributed by atoms with Crippen molar-refractivity contribution in [2.75, 3.05) is 24.6 Å². The van der Waals surface area contributed by atoms with Crippen LogP contribution in [0.3, 0.4) is 0 Å². The number of aromatic nitrogens is 1. The van der Waals surface area contributed by atoms with E-state index in [1.165, 1.54) is 17.5 Å². The van der Waals surface area contributed by atoms with Gasteiger partial charge in [0.05, 0.1) is 11.5 Å². The molecule has 122 valence electrons. The first-order valence-corrected chi connectivity index (χ1v) is 9.93. The maximum atomic E-state index is 12.3. The van der Waals surface area contributed by atoms with Gasteiger partial charge in [-0.3, -0.25) is 9.69 Å². The summed E-state index contributed by atoms with van der Waals surface area (Å²) in [6.07, 6.45) is 3.39. The summed E-state index contributed by atoms with van der Waals surface area (Å²) in [7, 11) is -2.89. The van der Waals surface area contributed by atoms with Crippen LogP contribution in [0.25, 0.3) is 10.9 Å². The van der Waals surface area contributed by atoms with Crippen molar-refractivity contribution in [3.05, 3.63) is 45.2 Å². The van der Waals surface area contributed by atoms with Crippen LogP contribution in [0.4, 0.5) is 0 Å². The molecule has 0 amide bonds. The summed E-state index contributed by atoms with van der Waals surface area (Å²) in [5.74, 6) is 0.373. The van der Waals surface area contributed by atoms with Gasteiger partial charge in [-0.2, -0.15) is 0 Å². The van der Waals surface area contributed by atoms with E-state index in [0.29, 0.717) is 19.6 Å². The summed E-state index contributed by atoms with van der Waals surface area (Å²) in [5, 5.41) is 1.07. The number of hydrogen-bond acceptors (Lipinski definition) is 4. The minimum Gasteiger partial charge on any atom is -0.322 e. The van der Waals surface area contributed by atoms with Gasteiger partial charge in [-0.25, -0.2) is 8.42 Å². The van der Waals surface area contributed by atoms with Crippen LogP contribution in [0.2, 0.25) is 0 Å². The molecule has 0 radical (unpaired) electrons. The monoisotopic (exact) mass is 332 g/mol. The van der Waals surface area contributed by atoms with Gasteiger partial charge in [-0.15, -0.1) is 0 Å². The topological polar surface area (TPSA) is 70.2 Å². The molecule has 0 atom stereocenters. The van der Waals surface area contributed by atoms with Gasteiger partial charge in [0.25, 0.3) is 5.56 Å². The number of sulfone groups is 1. The maximum Gasteiger partial charge on any atom is 0.252 e. The fourth-order valence-electron chi connectivity index (χ4n) is 3.59. The molecule has 1 aliphatic heterocycles. The number of aromatic amines is 1. The molecule has 23 heavy (non-hydrogen) atoms. The van der Waals surface area contributed by atoms with Crippen molar-refractivity contribution >= 4 is 20.7 Å². The molecule has 0 unspecified atom stereocenters. The fraction of sp³-hybridized carbons (Fsp3) is 0.471. The lowest BCUT2D eigenvalue weighted by atomic mass is 10.0. The molecular weight excluding hydrogens is 312 g/mol. The number of H-pyrrole nitrogens is 1. The van der Waals surface area contributed by atoms with E-state index >= 15 is 0 Å². The molecule has 1 N–H and O–H groups in total. The second kappa shape index (κ2) is 5.46. The Morgan fingerprint density at radius 3 is 2.48 bits per heavy atom. The molecule has 1 aliphatic carbocycles. The van der Waals surface area contributed by atoms with Gasteiger partial charge < -0.3 is 4.98 Å².